The fraction of sp³-hybridized carbons (Fsp3) is 0.571. The molecule has 64 valence electrons. The SMILES string of the molecule is CCOC(=O)C1C=COC1.Cl. The van der Waals surface area contributed by atoms with Gasteiger partial charge in [0, 0.05) is 0 Å². The van der Waals surface area contributed by atoms with E-state index in [2.05, 4.69) is 0 Å². The molecular formula is C7H11ClO3. The Hall–Kier alpha value is -0.700. The molecule has 1 unspecified atom stereocenters. The lowest BCUT2D eigenvalue weighted by atomic mass is 10.2. The van der Waals surface area contributed by atoms with Crippen molar-refractivity contribution in [2.24, 2.45) is 5.92 Å². The van der Waals surface area contributed by atoms with E-state index in [0.29, 0.717) is 13.2 Å². The summed E-state index contributed by atoms with van der Waals surface area (Å²) in [6.45, 7) is 2.65. The van der Waals surface area contributed by atoms with Crippen LogP contribution in [0.25, 0.3) is 0 Å². The first-order valence-electron chi connectivity index (χ1n) is 3.29. The van der Waals surface area contributed by atoms with Gasteiger partial charge in [0.15, 0.2) is 0 Å². The molecule has 0 radical (unpaired) electrons. The van der Waals surface area contributed by atoms with E-state index in [-0.39, 0.29) is 24.3 Å². The van der Waals surface area contributed by atoms with Crippen molar-refractivity contribution < 1.29 is 14.3 Å². The van der Waals surface area contributed by atoms with Crippen LogP contribution in [-0.2, 0) is 14.3 Å². The number of carbonyl (C=O) groups excluding carboxylic acids is 1. The molecule has 1 aliphatic heterocycles. The van der Waals surface area contributed by atoms with Crippen LogP contribution in [0.4, 0.5) is 0 Å². The van der Waals surface area contributed by atoms with Crippen LogP contribution in [0.1, 0.15) is 6.92 Å². The number of halogens is 1. The van der Waals surface area contributed by atoms with Gasteiger partial charge in [-0.2, -0.15) is 0 Å². The van der Waals surface area contributed by atoms with Gasteiger partial charge in [0.25, 0.3) is 0 Å². The maximum atomic E-state index is 10.9. The summed E-state index contributed by atoms with van der Waals surface area (Å²) in [6, 6.07) is 0. The van der Waals surface area contributed by atoms with Gasteiger partial charge < -0.3 is 9.47 Å². The molecule has 0 spiro atoms. The van der Waals surface area contributed by atoms with E-state index in [4.69, 9.17) is 9.47 Å². The molecule has 0 aliphatic carbocycles. The van der Waals surface area contributed by atoms with Gasteiger partial charge in [0.05, 0.1) is 12.9 Å². The minimum Gasteiger partial charge on any atom is -0.500 e. The lowest BCUT2D eigenvalue weighted by Crippen LogP contribution is -2.16. The van der Waals surface area contributed by atoms with E-state index < -0.39 is 0 Å². The maximum Gasteiger partial charge on any atom is 0.316 e. The first-order chi connectivity index (χ1) is 4.84. The number of hydrogen-bond donors (Lipinski definition) is 0. The van der Waals surface area contributed by atoms with Gasteiger partial charge in [-0.25, -0.2) is 0 Å². The molecule has 0 aromatic carbocycles. The molecule has 0 aromatic heterocycles. The summed E-state index contributed by atoms with van der Waals surface area (Å²) in [5.41, 5.74) is 0. The summed E-state index contributed by atoms with van der Waals surface area (Å²) in [7, 11) is 0. The van der Waals surface area contributed by atoms with Crippen molar-refractivity contribution in [3.05, 3.63) is 12.3 Å². The van der Waals surface area contributed by atoms with Gasteiger partial charge in [-0.15, -0.1) is 12.4 Å². The Labute approximate surface area is 71.8 Å². The Kier molecular flexibility index (Phi) is 4.70. The van der Waals surface area contributed by atoms with Crippen LogP contribution in [0.15, 0.2) is 12.3 Å². The molecule has 1 heterocycles. The largest absolute Gasteiger partial charge is 0.500 e. The van der Waals surface area contributed by atoms with Crippen LogP contribution in [0.5, 0.6) is 0 Å². The zero-order chi connectivity index (χ0) is 7.40. The highest BCUT2D eigenvalue weighted by molar-refractivity contribution is 5.85. The summed E-state index contributed by atoms with van der Waals surface area (Å²) in [5.74, 6) is -0.379. The van der Waals surface area contributed by atoms with Crippen LogP contribution in [0, 0.1) is 5.92 Å². The smallest absolute Gasteiger partial charge is 0.316 e. The third-order valence-electron chi connectivity index (χ3n) is 1.27. The summed E-state index contributed by atoms with van der Waals surface area (Å²) in [5, 5.41) is 0. The van der Waals surface area contributed by atoms with E-state index in [1.807, 2.05) is 0 Å². The highest BCUT2D eigenvalue weighted by Crippen LogP contribution is 2.09. The average molecular weight is 179 g/mol. The normalized spacial score (nSPS) is 20.3. The van der Waals surface area contributed by atoms with Crippen LogP contribution in [0.3, 0.4) is 0 Å². The second kappa shape index (κ2) is 5.02. The lowest BCUT2D eigenvalue weighted by Gasteiger charge is -2.04. The van der Waals surface area contributed by atoms with Crippen molar-refractivity contribution in [1.82, 2.24) is 0 Å². The van der Waals surface area contributed by atoms with Gasteiger partial charge >= 0.3 is 5.97 Å². The number of esters is 1. The second-order valence-electron chi connectivity index (χ2n) is 2.02. The third kappa shape index (κ3) is 2.80. The fourth-order valence-corrected chi connectivity index (χ4v) is 0.761. The van der Waals surface area contributed by atoms with Gasteiger partial charge in [-0.05, 0) is 13.0 Å². The zero-order valence-electron chi connectivity index (χ0n) is 6.28. The van der Waals surface area contributed by atoms with Crippen LogP contribution in [-0.4, -0.2) is 19.2 Å². The van der Waals surface area contributed by atoms with Crippen LogP contribution >= 0.6 is 12.4 Å². The quantitative estimate of drug-likeness (QED) is 0.595. The van der Waals surface area contributed by atoms with Gasteiger partial charge in [-0.3, -0.25) is 4.79 Å². The Morgan fingerprint density at radius 3 is 3.00 bits per heavy atom. The molecule has 1 aliphatic rings. The molecule has 0 fully saturated rings. The van der Waals surface area contributed by atoms with Crippen molar-refractivity contribution in [3.63, 3.8) is 0 Å². The predicted octanol–water partition coefficient (Wildman–Crippen LogP) is 1.13. The number of rotatable bonds is 2. The van der Waals surface area contributed by atoms with Crippen LogP contribution < -0.4 is 0 Å². The Balaban J connectivity index is 0.000001000. The Bertz CT molecular complexity index is 156. The third-order valence-corrected chi connectivity index (χ3v) is 1.27. The lowest BCUT2D eigenvalue weighted by molar-refractivity contribution is -0.146. The number of ether oxygens (including phenoxy) is 2. The van der Waals surface area contributed by atoms with Crippen molar-refractivity contribution in [2.75, 3.05) is 13.2 Å². The maximum absolute atomic E-state index is 10.9. The molecule has 1 rings (SSSR count). The Morgan fingerprint density at radius 2 is 2.55 bits per heavy atom. The first kappa shape index (κ1) is 10.3. The molecule has 0 N–H and O–H groups in total. The van der Waals surface area contributed by atoms with Crippen molar-refractivity contribution in [1.29, 1.82) is 0 Å². The van der Waals surface area contributed by atoms with E-state index >= 15 is 0 Å². The monoisotopic (exact) mass is 178 g/mol. The molecule has 0 amide bonds. The van der Waals surface area contributed by atoms with E-state index in [0.717, 1.165) is 0 Å². The fourth-order valence-electron chi connectivity index (χ4n) is 0.761. The van der Waals surface area contributed by atoms with Gasteiger partial charge in [-0.1, -0.05) is 0 Å². The van der Waals surface area contributed by atoms with E-state index in [1.54, 1.807) is 13.0 Å². The summed E-state index contributed by atoms with van der Waals surface area (Å²) in [4.78, 5) is 10.9. The van der Waals surface area contributed by atoms with E-state index in [1.165, 1.54) is 6.26 Å². The standard InChI is InChI=1S/C7H10O3.ClH/c1-2-10-7(8)6-3-4-9-5-6;/h3-4,6H,2,5H2,1H3;1H. The second-order valence-corrected chi connectivity index (χ2v) is 2.02. The minimum absolute atomic E-state index is 0. The molecule has 3 nitrogen and oxygen atoms in total. The minimum atomic E-state index is -0.198. The van der Waals surface area contributed by atoms with Gasteiger partial charge in [0.1, 0.15) is 12.5 Å². The highest BCUT2D eigenvalue weighted by atomic mass is 35.5. The molecule has 0 aromatic rings. The summed E-state index contributed by atoms with van der Waals surface area (Å²) >= 11 is 0. The molecule has 0 saturated carbocycles. The zero-order valence-corrected chi connectivity index (χ0v) is 7.10. The van der Waals surface area contributed by atoms with Crippen LogP contribution in [0.2, 0.25) is 0 Å². The predicted molar refractivity (Wildman–Crippen MR) is 42.5 cm³/mol. The molecule has 1 atom stereocenters. The number of carbonyl (C=O) groups is 1. The molecule has 0 saturated heterocycles. The summed E-state index contributed by atoms with van der Waals surface area (Å²) < 4.78 is 9.60. The molecule has 4 heteroatoms. The Morgan fingerprint density at radius 1 is 1.82 bits per heavy atom. The number of hydrogen-bond acceptors (Lipinski definition) is 3. The molecular weight excluding hydrogens is 168 g/mol. The average Bonchev–Trinajstić information content (AvgIpc) is 2.38. The van der Waals surface area contributed by atoms with Gasteiger partial charge in [0.2, 0.25) is 0 Å². The van der Waals surface area contributed by atoms with Crippen molar-refractivity contribution in [3.8, 4) is 0 Å². The van der Waals surface area contributed by atoms with E-state index in [9.17, 15) is 4.79 Å². The molecule has 0 bridgehead atoms. The topological polar surface area (TPSA) is 35.5 Å². The van der Waals surface area contributed by atoms with Crippen molar-refractivity contribution in [2.45, 2.75) is 6.92 Å². The highest BCUT2D eigenvalue weighted by Gasteiger charge is 2.20. The summed E-state index contributed by atoms with van der Waals surface area (Å²) in [6.07, 6.45) is 3.24. The molecule has 11 heavy (non-hydrogen) atoms. The first-order valence-corrected chi connectivity index (χ1v) is 3.29. The van der Waals surface area contributed by atoms with Crippen molar-refractivity contribution >= 4 is 18.4 Å².